The van der Waals surface area contributed by atoms with Crippen LogP contribution in [0, 0.1) is 0 Å². The number of fused-ring (bicyclic) bond motifs is 1. The van der Waals surface area contributed by atoms with Gasteiger partial charge in [-0.2, -0.15) is 0 Å². The van der Waals surface area contributed by atoms with Crippen molar-refractivity contribution < 1.29 is 23.9 Å². The van der Waals surface area contributed by atoms with Crippen LogP contribution in [0.25, 0.3) is 22.2 Å². The number of esters is 2. The first kappa shape index (κ1) is 22.7. The SMILES string of the molecule is COC(=O)c1ccc(CNC(=O)COC(=O)c2cc(-c3ccccc3)nc3ccccc23)cc1. The minimum Gasteiger partial charge on any atom is -0.465 e. The third-order valence-electron chi connectivity index (χ3n) is 5.20. The summed E-state index contributed by atoms with van der Waals surface area (Å²) in [7, 11) is 1.31. The highest BCUT2D eigenvalue weighted by atomic mass is 16.5. The molecular weight excluding hydrogens is 432 g/mol. The molecule has 0 bridgehead atoms. The highest BCUT2D eigenvalue weighted by molar-refractivity contribution is 6.05. The first-order valence-electron chi connectivity index (χ1n) is 10.6. The van der Waals surface area contributed by atoms with Gasteiger partial charge in [0.05, 0.1) is 29.4 Å². The van der Waals surface area contributed by atoms with Crippen molar-refractivity contribution in [3.05, 3.63) is 102 Å². The van der Waals surface area contributed by atoms with Crippen molar-refractivity contribution in [1.29, 1.82) is 0 Å². The molecule has 0 atom stereocenters. The smallest absolute Gasteiger partial charge is 0.339 e. The largest absolute Gasteiger partial charge is 0.465 e. The van der Waals surface area contributed by atoms with Crippen LogP contribution < -0.4 is 5.32 Å². The lowest BCUT2D eigenvalue weighted by Crippen LogP contribution is -2.28. The molecule has 1 aromatic heterocycles. The van der Waals surface area contributed by atoms with Crippen LogP contribution in [0.2, 0.25) is 0 Å². The topological polar surface area (TPSA) is 94.6 Å². The Morgan fingerprint density at radius 1 is 0.853 bits per heavy atom. The van der Waals surface area contributed by atoms with Crippen molar-refractivity contribution in [2.24, 2.45) is 0 Å². The zero-order valence-electron chi connectivity index (χ0n) is 18.5. The maximum atomic E-state index is 12.9. The highest BCUT2D eigenvalue weighted by Crippen LogP contribution is 2.25. The van der Waals surface area contributed by atoms with E-state index in [0.29, 0.717) is 27.7 Å². The van der Waals surface area contributed by atoms with E-state index in [-0.39, 0.29) is 6.54 Å². The molecule has 0 fully saturated rings. The van der Waals surface area contributed by atoms with E-state index < -0.39 is 24.5 Å². The summed E-state index contributed by atoms with van der Waals surface area (Å²) in [5, 5.41) is 3.35. The number of benzene rings is 3. The summed E-state index contributed by atoms with van der Waals surface area (Å²) in [6.07, 6.45) is 0. The van der Waals surface area contributed by atoms with E-state index in [9.17, 15) is 14.4 Å². The van der Waals surface area contributed by atoms with Crippen LogP contribution in [-0.2, 0) is 20.8 Å². The molecular formula is C27H22N2O5. The summed E-state index contributed by atoms with van der Waals surface area (Å²) in [6.45, 7) is -0.190. The number of hydrogen-bond acceptors (Lipinski definition) is 6. The van der Waals surface area contributed by atoms with Crippen LogP contribution >= 0.6 is 0 Å². The lowest BCUT2D eigenvalue weighted by molar-refractivity contribution is -0.124. The summed E-state index contributed by atoms with van der Waals surface area (Å²) in [4.78, 5) is 41.3. The van der Waals surface area contributed by atoms with E-state index in [0.717, 1.165) is 11.1 Å². The lowest BCUT2D eigenvalue weighted by Gasteiger charge is -2.11. The maximum absolute atomic E-state index is 12.9. The molecule has 3 aromatic carbocycles. The molecule has 1 heterocycles. The van der Waals surface area contributed by atoms with Crippen molar-refractivity contribution in [2.45, 2.75) is 6.54 Å². The van der Waals surface area contributed by atoms with Crippen molar-refractivity contribution in [2.75, 3.05) is 13.7 Å². The Bertz CT molecular complexity index is 1330. The average molecular weight is 454 g/mol. The van der Waals surface area contributed by atoms with Crippen LogP contribution in [0.3, 0.4) is 0 Å². The van der Waals surface area contributed by atoms with Gasteiger partial charge in [-0.05, 0) is 29.8 Å². The van der Waals surface area contributed by atoms with Gasteiger partial charge in [-0.15, -0.1) is 0 Å². The molecule has 0 aliphatic carbocycles. The molecule has 34 heavy (non-hydrogen) atoms. The highest BCUT2D eigenvalue weighted by Gasteiger charge is 2.16. The second kappa shape index (κ2) is 10.4. The Labute approximate surface area is 196 Å². The second-order valence-electron chi connectivity index (χ2n) is 7.48. The van der Waals surface area contributed by atoms with Gasteiger partial charge in [-0.25, -0.2) is 14.6 Å². The molecule has 0 aliphatic rings. The molecule has 7 nitrogen and oxygen atoms in total. The van der Waals surface area contributed by atoms with Crippen LogP contribution in [0.15, 0.2) is 84.9 Å². The van der Waals surface area contributed by atoms with E-state index in [2.05, 4.69) is 15.0 Å². The van der Waals surface area contributed by atoms with Gasteiger partial charge in [-0.1, -0.05) is 60.7 Å². The van der Waals surface area contributed by atoms with Crippen molar-refractivity contribution in [3.8, 4) is 11.3 Å². The average Bonchev–Trinajstić information content (AvgIpc) is 2.90. The Hall–Kier alpha value is -4.52. The fraction of sp³-hybridized carbons (Fsp3) is 0.111. The number of rotatable bonds is 7. The fourth-order valence-corrected chi connectivity index (χ4v) is 3.44. The Kier molecular flexibility index (Phi) is 6.93. The number of carbonyl (C=O) groups is 3. The second-order valence-corrected chi connectivity index (χ2v) is 7.48. The quantitative estimate of drug-likeness (QED) is 0.422. The monoisotopic (exact) mass is 454 g/mol. The van der Waals surface area contributed by atoms with E-state index in [1.807, 2.05) is 48.5 Å². The molecule has 170 valence electrons. The van der Waals surface area contributed by atoms with Gasteiger partial charge in [0.1, 0.15) is 0 Å². The summed E-state index contributed by atoms with van der Waals surface area (Å²) >= 11 is 0. The molecule has 0 spiro atoms. The number of pyridine rings is 1. The predicted molar refractivity (Wildman–Crippen MR) is 127 cm³/mol. The molecule has 0 saturated carbocycles. The number of amides is 1. The molecule has 4 aromatic rings. The number of hydrogen-bond donors (Lipinski definition) is 1. The number of nitrogens with zero attached hydrogens (tertiary/aromatic N) is 1. The molecule has 1 amide bonds. The lowest BCUT2D eigenvalue weighted by atomic mass is 10.0. The van der Waals surface area contributed by atoms with Gasteiger partial charge < -0.3 is 14.8 Å². The number of nitrogens with one attached hydrogen (secondary N) is 1. The molecule has 4 rings (SSSR count). The fourth-order valence-electron chi connectivity index (χ4n) is 3.44. The molecule has 7 heteroatoms. The van der Waals surface area contributed by atoms with Gasteiger partial charge in [0, 0.05) is 17.5 Å². The van der Waals surface area contributed by atoms with Gasteiger partial charge in [0.2, 0.25) is 0 Å². The number of methoxy groups -OCH3 is 1. The third-order valence-corrected chi connectivity index (χ3v) is 5.20. The number of carbonyl (C=O) groups excluding carboxylic acids is 3. The van der Waals surface area contributed by atoms with Crippen molar-refractivity contribution >= 4 is 28.7 Å². The van der Waals surface area contributed by atoms with E-state index in [4.69, 9.17) is 4.74 Å². The zero-order valence-corrected chi connectivity index (χ0v) is 18.5. The maximum Gasteiger partial charge on any atom is 0.339 e. The molecule has 0 radical (unpaired) electrons. The zero-order chi connectivity index (χ0) is 23.9. The summed E-state index contributed by atoms with van der Waals surface area (Å²) in [5.41, 5.74) is 3.74. The Balaban J connectivity index is 1.42. The Morgan fingerprint density at radius 3 is 2.29 bits per heavy atom. The summed E-state index contributed by atoms with van der Waals surface area (Å²) in [5.74, 6) is -1.47. The first-order valence-corrected chi connectivity index (χ1v) is 10.6. The molecule has 0 unspecified atom stereocenters. The van der Waals surface area contributed by atoms with Gasteiger partial charge >= 0.3 is 11.9 Å². The van der Waals surface area contributed by atoms with Gasteiger partial charge in [0.25, 0.3) is 5.91 Å². The minimum atomic E-state index is -0.603. The first-order chi connectivity index (χ1) is 16.5. The van der Waals surface area contributed by atoms with Crippen LogP contribution in [-0.4, -0.2) is 36.5 Å². The van der Waals surface area contributed by atoms with Crippen molar-refractivity contribution in [1.82, 2.24) is 10.3 Å². The van der Waals surface area contributed by atoms with Crippen LogP contribution in [0.1, 0.15) is 26.3 Å². The minimum absolute atomic E-state index is 0.230. The molecule has 1 N–H and O–H groups in total. The number of para-hydroxylation sites is 1. The summed E-state index contributed by atoms with van der Waals surface area (Å²) < 4.78 is 9.97. The van der Waals surface area contributed by atoms with Crippen LogP contribution in [0.5, 0.6) is 0 Å². The Morgan fingerprint density at radius 2 is 1.56 bits per heavy atom. The van der Waals surface area contributed by atoms with E-state index >= 15 is 0 Å². The normalized spacial score (nSPS) is 10.5. The molecule has 0 aliphatic heterocycles. The van der Waals surface area contributed by atoms with Crippen LogP contribution in [0.4, 0.5) is 0 Å². The molecule has 0 saturated heterocycles. The third kappa shape index (κ3) is 5.27. The van der Waals surface area contributed by atoms with Gasteiger partial charge in [0.15, 0.2) is 6.61 Å². The number of aromatic nitrogens is 1. The summed E-state index contributed by atoms with van der Waals surface area (Å²) in [6, 6.07) is 25.2. The van der Waals surface area contributed by atoms with Gasteiger partial charge in [-0.3, -0.25) is 4.79 Å². The van der Waals surface area contributed by atoms with Crippen molar-refractivity contribution in [3.63, 3.8) is 0 Å². The van der Waals surface area contributed by atoms with E-state index in [1.54, 1.807) is 36.4 Å². The number of ether oxygens (including phenoxy) is 2. The predicted octanol–water partition coefficient (Wildman–Crippen LogP) is 4.16. The standard InChI is InChI=1S/C27H22N2O5/c1-33-26(31)20-13-11-18(12-14-20)16-28-25(30)17-34-27(32)22-15-24(19-7-3-2-4-8-19)29-23-10-6-5-9-21(22)23/h2-15H,16-17H2,1H3,(H,28,30). The van der Waals surface area contributed by atoms with E-state index in [1.165, 1.54) is 7.11 Å².